The fourth-order valence-corrected chi connectivity index (χ4v) is 2.83. The Morgan fingerprint density at radius 1 is 1.60 bits per heavy atom. The number of halogens is 1. The molecule has 1 aromatic rings. The average Bonchev–Trinajstić information content (AvgIpc) is 2.66. The zero-order valence-corrected chi connectivity index (χ0v) is 13.1. The van der Waals surface area contributed by atoms with Crippen molar-refractivity contribution in [2.24, 2.45) is 0 Å². The summed E-state index contributed by atoms with van der Waals surface area (Å²) in [5.41, 5.74) is -0.560. The fraction of sp³-hybridized carbons (Fsp3) is 0.600. The summed E-state index contributed by atoms with van der Waals surface area (Å²) in [5, 5.41) is 13.1. The van der Waals surface area contributed by atoms with E-state index < -0.39 is 21.8 Å². The Kier molecular flexibility index (Phi) is 4.07. The van der Waals surface area contributed by atoms with Crippen LogP contribution in [-0.4, -0.2) is 60.3 Å². The number of carboxylic acid groups (broad SMARTS) is 1. The van der Waals surface area contributed by atoms with E-state index in [0.717, 1.165) is 10.7 Å². The lowest BCUT2D eigenvalue weighted by atomic mass is 9.87. The SMILES string of the molecule is CS(=O)(=O)OCCC1(n2cc(Br)cn2)CN(C(=O)O)C1. The minimum absolute atomic E-state index is 0.0101. The summed E-state index contributed by atoms with van der Waals surface area (Å²) in [5.74, 6) is 0. The van der Waals surface area contributed by atoms with Crippen molar-refractivity contribution in [1.82, 2.24) is 14.7 Å². The van der Waals surface area contributed by atoms with E-state index in [9.17, 15) is 13.2 Å². The van der Waals surface area contributed by atoms with Crippen molar-refractivity contribution >= 4 is 32.1 Å². The van der Waals surface area contributed by atoms with Gasteiger partial charge in [-0.1, -0.05) is 0 Å². The lowest BCUT2D eigenvalue weighted by molar-refractivity contribution is -0.00221. The summed E-state index contributed by atoms with van der Waals surface area (Å²) in [4.78, 5) is 12.1. The summed E-state index contributed by atoms with van der Waals surface area (Å²) in [6.07, 6.45) is 3.67. The van der Waals surface area contributed by atoms with E-state index in [1.807, 2.05) is 0 Å². The quantitative estimate of drug-likeness (QED) is 0.768. The first-order valence-electron chi connectivity index (χ1n) is 5.75. The smallest absolute Gasteiger partial charge is 0.407 e. The molecule has 112 valence electrons. The fourth-order valence-electron chi connectivity index (χ4n) is 2.16. The van der Waals surface area contributed by atoms with Crippen molar-refractivity contribution in [3.05, 3.63) is 16.9 Å². The molecule has 1 N–H and O–H groups in total. The first kappa shape index (κ1) is 15.3. The van der Waals surface area contributed by atoms with Crippen molar-refractivity contribution in [3.63, 3.8) is 0 Å². The second-order valence-electron chi connectivity index (χ2n) is 4.74. The second kappa shape index (κ2) is 5.34. The van der Waals surface area contributed by atoms with Crippen molar-refractivity contribution in [3.8, 4) is 0 Å². The molecule has 20 heavy (non-hydrogen) atoms. The maximum absolute atomic E-state index is 11.0. The third-order valence-corrected chi connectivity index (χ3v) is 4.15. The molecule has 1 aliphatic heterocycles. The van der Waals surface area contributed by atoms with E-state index >= 15 is 0 Å². The molecule has 1 saturated heterocycles. The van der Waals surface area contributed by atoms with Crippen molar-refractivity contribution in [2.45, 2.75) is 12.0 Å². The minimum atomic E-state index is -3.51. The zero-order valence-electron chi connectivity index (χ0n) is 10.7. The van der Waals surface area contributed by atoms with Crippen LogP contribution < -0.4 is 0 Å². The van der Waals surface area contributed by atoms with Crippen LogP contribution in [0, 0.1) is 0 Å². The highest BCUT2D eigenvalue weighted by molar-refractivity contribution is 9.10. The van der Waals surface area contributed by atoms with Crippen LogP contribution in [0.5, 0.6) is 0 Å². The molecule has 0 unspecified atom stereocenters. The molecular weight excluding hydrogens is 354 g/mol. The Morgan fingerprint density at radius 3 is 2.70 bits per heavy atom. The predicted molar refractivity (Wildman–Crippen MR) is 72.9 cm³/mol. The summed E-state index contributed by atoms with van der Waals surface area (Å²) >= 11 is 3.28. The zero-order chi connectivity index (χ0) is 15.0. The molecule has 0 radical (unpaired) electrons. The van der Waals surface area contributed by atoms with E-state index in [4.69, 9.17) is 9.29 Å². The minimum Gasteiger partial charge on any atom is -0.465 e. The van der Waals surface area contributed by atoms with Crippen LogP contribution in [0.4, 0.5) is 4.79 Å². The average molecular weight is 368 g/mol. The van der Waals surface area contributed by atoms with Gasteiger partial charge in [0.05, 0.1) is 36.6 Å². The van der Waals surface area contributed by atoms with Gasteiger partial charge in [0.1, 0.15) is 5.54 Å². The van der Waals surface area contributed by atoms with E-state index in [1.54, 1.807) is 17.1 Å². The molecule has 10 heteroatoms. The van der Waals surface area contributed by atoms with E-state index in [0.29, 0.717) is 6.42 Å². The van der Waals surface area contributed by atoms with Crippen LogP contribution in [-0.2, 0) is 19.8 Å². The molecule has 0 aromatic carbocycles. The highest BCUT2D eigenvalue weighted by Gasteiger charge is 2.47. The largest absolute Gasteiger partial charge is 0.465 e. The summed E-state index contributed by atoms with van der Waals surface area (Å²) in [6, 6.07) is 0. The van der Waals surface area contributed by atoms with Crippen LogP contribution in [0.25, 0.3) is 0 Å². The molecule has 1 fully saturated rings. The lowest BCUT2D eigenvalue weighted by Crippen LogP contribution is -2.64. The second-order valence-corrected chi connectivity index (χ2v) is 7.30. The van der Waals surface area contributed by atoms with Crippen LogP contribution in [0.3, 0.4) is 0 Å². The molecule has 0 spiro atoms. The molecular formula is C10H14BrN3O5S. The summed E-state index contributed by atoms with van der Waals surface area (Å²) in [7, 11) is -3.51. The monoisotopic (exact) mass is 367 g/mol. The third kappa shape index (κ3) is 3.30. The molecule has 1 amide bonds. The number of aromatic nitrogens is 2. The third-order valence-electron chi connectivity index (χ3n) is 3.14. The van der Waals surface area contributed by atoms with Gasteiger partial charge in [-0.25, -0.2) is 4.79 Å². The van der Waals surface area contributed by atoms with Gasteiger partial charge in [0.15, 0.2) is 0 Å². The van der Waals surface area contributed by atoms with Crippen molar-refractivity contribution in [2.75, 3.05) is 26.0 Å². The number of likely N-dealkylation sites (tertiary alicyclic amines) is 1. The Morgan fingerprint density at radius 2 is 2.25 bits per heavy atom. The highest BCUT2D eigenvalue weighted by atomic mass is 79.9. The topological polar surface area (TPSA) is 102 Å². The Bertz CT molecular complexity index is 608. The number of amides is 1. The molecule has 1 aliphatic rings. The van der Waals surface area contributed by atoms with Crippen LogP contribution in [0.2, 0.25) is 0 Å². The van der Waals surface area contributed by atoms with Gasteiger partial charge in [0.2, 0.25) is 0 Å². The predicted octanol–water partition coefficient (Wildman–Crippen LogP) is 0.701. The highest BCUT2D eigenvalue weighted by Crippen LogP contribution is 2.33. The molecule has 2 rings (SSSR count). The Balaban J connectivity index is 2.09. The van der Waals surface area contributed by atoms with E-state index in [1.165, 1.54) is 4.90 Å². The van der Waals surface area contributed by atoms with Crippen molar-refractivity contribution in [1.29, 1.82) is 0 Å². The summed E-state index contributed by atoms with van der Waals surface area (Å²) < 4.78 is 29.1. The van der Waals surface area contributed by atoms with E-state index in [-0.39, 0.29) is 19.7 Å². The number of carbonyl (C=O) groups is 1. The van der Waals surface area contributed by atoms with Crippen LogP contribution in [0.1, 0.15) is 6.42 Å². The van der Waals surface area contributed by atoms with Gasteiger partial charge in [0.25, 0.3) is 10.1 Å². The van der Waals surface area contributed by atoms with Gasteiger partial charge < -0.3 is 10.0 Å². The van der Waals surface area contributed by atoms with Crippen molar-refractivity contribution < 1.29 is 22.5 Å². The normalized spacial score (nSPS) is 17.8. The van der Waals surface area contributed by atoms with Gasteiger partial charge >= 0.3 is 6.09 Å². The van der Waals surface area contributed by atoms with Gasteiger partial charge in [-0.3, -0.25) is 8.86 Å². The van der Waals surface area contributed by atoms with Crippen LogP contribution in [0.15, 0.2) is 16.9 Å². The molecule has 8 nitrogen and oxygen atoms in total. The Labute approximate surface area is 124 Å². The first-order valence-corrected chi connectivity index (χ1v) is 8.36. The van der Waals surface area contributed by atoms with Gasteiger partial charge in [-0.2, -0.15) is 13.5 Å². The van der Waals surface area contributed by atoms with Crippen LogP contribution >= 0.6 is 15.9 Å². The number of hydrogen-bond donors (Lipinski definition) is 1. The van der Waals surface area contributed by atoms with Gasteiger partial charge in [0, 0.05) is 12.6 Å². The first-order chi connectivity index (χ1) is 9.22. The number of rotatable bonds is 5. The van der Waals surface area contributed by atoms with Gasteiger partial charge in [-0.05, 0) is 15.9 Å². The molecule has 2 heterocycles. The Hall–Kier alpha value is -1.13. The number of nitrogens with zero attached hydrogens (tertiary/aromatic N) is 3. The molecule has 0 atom stereocenters. The standard InChI is InChI=1S/C10H14BrN3O5S/c1-20(17,18)19-3-2-10(6-13(7-10)9(15)16)14-5-8(11)4-12-14/h4-5H,2-3,6-7H2,1H3,(H,15,16). The maximum Gasteiger partial charge on any atom is 0.407 e. The molecule has 0 saturated carbocycles. The number of hydrogen-bond acceptors (Lipinski definition) is 5. The molecule has 0 bridgehead atoms. The lowest BCUT2D eigenvalue weighted by Gasteiger charge is -2.48. The van der Waals surface area contributed by atoms with E-state index in [2.05, 4.69) is 21.0 Å². The summed E-state index contributed by atoms with van der Waals surface area (Å²) in [6.45, 7) is 0.497. The maximum atomic E-state index is 11.0. The molecule has 0 aliphatic carbocycles. The molecule has 1 aromatic heterocycles. The van der Waals surface area contributed by atoms with Gasteiger partial charge in [-0.15, -0.1) is 0 Å².